The predicted octanol–water partition coefficient (Wildman–Crippen LogP) is 1.47. The molecule has 1 fully saturated rings. The highest BCUT2D eigenvalue weighted by Gasteiger charge is 2.33. The molecule has 5 nitrogen and oxygen atoms in total. The van der Waals surface area contributed by atoms with Crippen molar-refractivity contribution in [1.29, 1.82) is 0 Å². The van der Waals surface area contributed by atoms with Gasteiger partial charge in [0.1, 0.15) is 5.82 Å². The van der Waals surface area contributed by atoms with Crippen LogP contribution >= 0.6 is 0 Å². The SMILES string of the molecule is CCOC1CC(NS(=O)(=O)c2cc(C)c(F)c(CO)c2)C1. The van der Waals surface area contributed by atoms with E-state index in [-0.39, 0.29) is 28.2 Å². The number of hydrogen-bond donors (Lipinski definition) is 2. The van der Waals surface area contributed by atoms with Gasteiger partial charge in [-0.05, 0) is 44.4 Å². The van der Waals surface area contributed by atoms with Crippen molar-refractivity contribution < 1.29 is 22.7 Å². The first kappa shape index (κ1) is 16.4. The lowest BCUT2D eigenvalue weighted by Gasteiger charge is -2.35. The van der Waals surface area contributed by atoms with Gasteiger partial charge in [0.25, 0.3) is 0 Å². The van der Waals surface area contributed by atoms with Gasteiger partial charge in [-0.1, -0.05) is 0 Å². The van der Waals surface area contributed by atoms with Gasteiger partial charge in [0.15, 0.2) is 0 Å². The Morgan fingerprint density at radius 1 is 1.43 bits per heavy atom. The highest BCUT2D eigenvalue weighted by molar-refractivity contribution is 7.89. The maximum atomic E-state index is 13.7. The van der Waals surface area contributed by atoms with Gasteiger partial charge >= 0.3 is 0 Å². The van der Waals surface area contributed by atoms with Gasteiger partial charge in [0, 0.05) is 18.2 Å². The first-order valence-corrected chi connectivity index (χ1v) is 8.39. The zero-order chi connectivity index (χ0) is 15.6. The van der Waals surface area contributed by atoms with Crippen LogP contribution in [-0.4, -0.2) is 32.3 Å². The standard InChI is InChI=1S/C14H20FNO4S/c1-3-20-12-6-11(7-12)16-21(18,19)13-4-9(2)14(15)10(5-13)8-17/h4-5,11-12,16-17H,3,6-8H2,1-2H3. The zero-order valence-electron chi connectivity index (χ0n) is 12.1. The van der Waals surface area contributed by atoms with E-state index in [1.807, 2.05) is 6.92 Å². The molecule has 1 aliphatic carbocycles. The van der Waals surface area contributed by atoms with Crippen molar-refractivity contribution in [3.05, 3.63) is 29.1 Å². The Balaban J connectivity index is 2.12. The number of hydrogen-bond acceptors (Lipinski definition) is 4. The number of benzene rings is 1. The Hall–Kier alpha value is -1.02. The summed E-state index contributed by atoms with van der Waals surface area (Å²) in [4.78, 5) is -0.0229. The van der Waals surface area contributed by atoms with Crippen LogP contribution in [0, 0.1) is 12.7 Å². The molecule has 0 bridgehead atoms. The summed E-state index contributed by atoms with van der Waals surface area (Å²) in [5.74, 6) is -0.573. The van der Waals surface area contributed by atoms with Crippen LogP contribution in [0.1, 0.15) is 30.9 Å². The van der Waals surface area contributed by atoms with Crippen LogP contribution < -0.4 is 4.72 Å². The molecule has 21 heavy (non-hydrogen) atoms. The molecule has 2 rings (SSSR count). The highest BCUT2D eigenvalue weighted by Crippen LogP contribution is 2.26. The smallest absolute Gasteiger partial charge is 0.240 e. The van der Waals surface area contributed by atoms with Gasteiger partial charge in [0.05, 0.1) is 17.6 Å². The van der Waals surface area contributed by atoms with Crippen molar-refractivity contribution in [2.24, 2.45) is 0 Å². The summed E-state index contributed by atoms with van der Waals surface area (Å²) in [7, 11) is -3.71. The normalized spacial score (nSPS) is 22.1. The van der Waals surface area contributed by atoms with Gasteiger partial charge in [-0.3, -0.25) is 0 Å². The molecule has 0 saturated heterocycles. The zero-order valence-corrected chi connectivity index (χ0v) is 12.9. The minimum absolute atomic E-state index is 0.0174. The Morgan fingerprint density at radius 2 is 2.10 bits per heavy atom. The van der Waals surface area contributed by atoms with Crippen LogP contribution in [-0.2, 0) is 21.4 Å². The van der Waals surface area contributed by atoms with Crippen molar-refractivity contribution in [2.45, 2.75) is 50.3 Å². The first-order valence-electron chi connectivity index (χ1n) is 6.91. The van der Waals surface area contributed by atoms with Crippen molar-refractivity contribution in [3.63, 3.8) is 0 Å². The number of aryl methyl sites for hydroxylation is 1. The molecule has 1 saturated carbocycles. The number of aliphatic hydroxyl groups is 1. The molecular weight excluding hydrogens is 297 g/mol. The summed E-state index contributed by atoms with van der Waals surface area (Å²) in [5.41, 5.74) is 0.180. The van der Waals surface area contributed by atoms with Gasteiger partial charge in [-0.15, -0.1) is 0 Å². The second-order valence-corrected chi connectivity index (χ2v) is 6.95. The molecule has 0 spiro atoms. The molecular formula is C14H20FNO4S. The van der Waals surface area contributed by atoms with E-state index in [1.165, 1.54) is 19.1 Å². The maximum absolute atomic E-state index is 13.7. The monoisotopic (exact) mass is 317 g/mol. The Morgan fingerprint density at radius 3 is 2.67 bits per heavy atom. The molecule has 1 aromatic carbocycles. The molecule has 0 aromatic heterocycles. The topological polar surface area (TPSA) is 75.6 Å². The Bertz CT molecular complexity index is 612. The third-order valence-electron chi connectivity index (χ3n) is 3.60. The van der Waals surface area contributed by atoms with Gasteiger partial charge in [-0.2, -0.15) is 0 Å². The molecule has 2 N–H and O–H groups in total. The first-order chi connectivity index (χ1) is 9.87. The van der Waals surface area contributed by atoms with E-state index in [4.69, 9.17) is 9.84 Å². The fourth-order valence-corrected chi connectivity index (χ4v) is 3.79. The van der Waals surface area contributed by atoms with E-state index in [9.17, 15) is 12.8 Å². The number of aliphatic hydroxyl groups excluding tert-OH is 1. The molecule has 0 amide bonds. The number of rotatable bonds is 6. The third-order valence-corrected chi connectivity index (χ3v) is 5.10. The molecule has 1 aromatic rings. The van der Waals surface area contributed by atoms with Crippen molar-refractivity contribution in [3.8, 4) is 0 Å². The lowest BCUT2D eigenvalue weighted by Crippen LogP contribution is -2.47. The second-order valence-electron chi connectivity index (χ2n) is 5.24. The quantitative estimate of drug-likeness (QED) is 0.833. The van der Waals surface area contributed by atoms with Crippen molar-refractivity contribution in [2.75, 3.05) is 6.61 Å². The van der Waals surface area contributed by atoms with Crippen LogP contribution in [0.25, 0.3) is 0 Å². The van der Waals surface area contributed by atoms with E-state index in [1.54, 1.807) is 0 Å². The van der Waals surface area contributed by atoms with E-state index in [0.29, 0.717) is 19.4 Å². The minimum Gasteiger partial charge on any atom is -0.392 e. The van der Waals surface area contributed by atoms with Crippen molar-refractivity contribution >= 4 is 10.0 Å². The van der Waals surface area contributed by atoms with E-state index in [0.717, 1.165) is 0 Å². The number of halogens is 1. The second kappa shape index (κ2) is 6.39. The average Bonchev–Trinajstić information content (AvgIpc) is 2.39. The number of ether oxygens (including phenoxy) is 1. The molecule has 118 valence electrons. The lowest BCUT2D eigenvalue weighted by molar-refractivity contribution is -0.00475. The summed E-state index contributed by atoms with van der Waals surface area (Å²) in [6.45, 7) is 3.45. The summed E-state index contributed by atoms with van der Waals surface area (Å²) >= 11 is 0. The van der Waals surface area contributed by atoms with E-state index >= 15 is 0 Å². The van der Waals surface area contributed by atoms with Gasteiger partial charge in [0.2, 0.25) is 10.0 Å². The highest BCUT2D eigenvalue weighted by atomic mass is 32.2. The van der Waals surface area contributed by atoms with Crippen LogP contribution in [0.4, 0.5) is 4.39 Å². The minimum atomic E-state index is -3.71. The molecule has 7 heteroatoms. The Kier molecular flexibility index (Phi) is 4.98. The van der Waals surface area contributed by atoms with E-state index in [2.05, 4.69) is 4.72 Å². The van der Waals surface area contributed by atoms with Crippen molar-refractivity contribution in [1.82, 2.24) is 4.72 Å². The predicted molar refractivity (Wildman–Crippen MR) is 75.8 cm³/mol. The lowest BCUT2D eigenvalue weighted by atomic mass is 9.90. The summed E-state index contributed by atoms with van der Waals surface area (Å²) in [5, 5.41) is 9.09. The molecule has 0 unspecified atom stereocenters. The third kappa shape index (κ3) is 3.60. The van der Waals surface area contributed by atoms with Crippen LogP contribution in [0.15, 0.2) is 17.0 Å². The van der Waals surface area contributed by atoms with Gasteiger partial charge < -0.3 is 9.84 Å². The number of sulfonamides is 1. The molecule has 0 atom stereocenters. The van der Waals surface area contributed by atoms with Crippen LogP contribution in [0.5, 0.6) is 0 Å². The fourth-order valence-electron chi connectivity index (χ4n) is 2.40. The van der Waals surface area contributed by atoms with Gasteiger partial charge in [-0.25, -0.2) is 17.5 Å². The summed E-state index contributed by atoms with van der Waals surface area (Å²) in [6.07, 6.45) is 1.38. The maximum Gasteiger partial charge on any atom is 0.240 e. The Labute approximate surface area is 124 Å². The summed E-state index contributed by atoms with van der Waals surface area (Å²) in [6, 6.07) is 2.29. The van der Waals surface area contributed by atoms with Crippen LogP contribution in [0.2, 0.25) is 0 Å². The molecule has 0 heterocycles. The number of nitrogens with one attached hydrogen (secondary N) is 1. The fraction of sp³-hybridized carbons (Fsp3) is 0.571. The molecule has 1 aliphatic rings. The average molecular weight is 317 g/mol. The summed E-state index contributed by atoms with van der Waals surface area (Å²) < 4.78 is 46.2. The molecule has 0 aliphatic heterocycles. The molecule has 0 radical (unpaired) electrons. The largest absolute Gasteiger partial charge is 0.392 e. The van der Waals surface area contributed by atoms with E-state index < -0.39 is 22.4 Å². The van der Waals surface area contributed by atoms with Crippen LogP contribution in [0.3, 0.4) is 0 Å².